The molecule has 7 heteroatoms. The first-order valence-corrected chi connectivity index (χ1v) is 8.97. The summed E-state index contributed by atoms with van der Waals surface area (Å²) in [6.45, 7) is 5.31. The van der Waals surface area contributed by atoms with E-state index in [-0.39, 0.29) is 10.8 Å². The number of aryl methyl sites for hydroxylation is 1. The molecule has 0 atom stereocenters. The maximum atomic E-state index is 12.7. The summed E-state index contributed by atoms with van der Waals surface area (Å²) in [6.07, 6.45) is 5.22. The van der Waals surface area contributed by atoms with Gasteiger partial charge in [0.15, 0.2) is 0 Å². The Morgan fingerprint density at radius 2 is 2.05 bits per heavy atom. The van der Waals surface area contributed by atoms with E-state index in [9.17, 15) is 13.2 Å². The Labute approximate surface area is 126 Å². The number of nitrogens with two attached hydrogens (primary N) is 1. The highest BCUT2D eigenvalue weighted by atomic mass is 32.2. The van der Waals surface area contributed by atoms with E-state index in [0.29, 0.717) is 24.8 Å². The van der Waals surface area contributed by atoms with Crippen molar-refractivity contribution < 1.29 is 13.2 Å². The van der Waals surface area contributed by atoms with Crippen LogP contribution in [-0.2, 0) is 16.6 Å². The van der Waals surface area contributed by atoms with Crippen molar-refractivity contribution in [3.05, 3.63) is 18.0 Å². The van der Waals surface area contributed by atoms with Crippen LogP contribution in [0.5, 0.6) is 0 Å². The zero-order chi connectivity index (χ0) is 15.6. The highest BCUT2D eigenvalue weighted by Crippen LogP contribution is 2.29. The highest BCUT2D eigenvalue weighted by Gasteiger charge is 2.34. The van der Waals surface area contributed by atoms with Crippen LogP contribution in [0.1, 0.15) is 50.0 Å². The molecule has 0 spiro atoms. The summed E-state index contributed by atoms with van der Waals surface area (Å²) in [5, 5.41) is 5.18. The van der Waals surface area contributed by atoms with Gasteiger partial charge in [-0.3, -0.25) is 4.79 Å². The quantitative estimate of drug-likeness (QED) is 0.829. The van der Waals surface area contributed by atoms with Crippen LogP contribution in [0.15, 0.2) is 17.2 Å². The molecule has 1 aliphatic carbocycles. The molecule has 21 heavy (non-hydrogen) atoms. The van der Waals surface area contributed by atoms with Crippen molar-refractivity contribution in [3.8, 4) is 0 Å². The molecular weight excluding hydrogens is 290 g/mol. The lowest BCUT2D eigenvalue weighted by Gasteiger charge is -2.22. The minimum absolute atomic E-state index is 0.00606. The number of hydrogen-bond donors (Lipinski definition) is 1. The lowest BCUT2D eigenvalue weighted by molar-refractivity contribution is 0.0732. The van der Waals surface area contributed by atoms with Gasteiger partial charge in [-0.1, -0.05) is 13.8 Å². The number of aromatic nitrogens is 1. The van der Waals surface area contributed by atoms with E-state index in [1.807, 2.05) is 18.7 Å². The molecule has 118 valence electrons. The number of amides is 1. The number of carbonyl (C=O) groups is 1. The molecule has 2 N–H and O–H groups in total. The molecule has 0 saturated heterocycles. The number of hydrogen-bond acceptors (Lipinski definition) is 3. The first kappa shape index (κ1) is 16.0. The molecule has 1 aromatic heterocycles. The Kier molecular flexibility index (Phi) is 4.73. The molecule has 1 aromatic rings. The molecule has 0 aliphatic heterocycles. The van der Waals surface area contributed by atoms with Crippen LogP contribution < -0.4 is 5.14 Å². The van der Waals surface area contributed by atoms with Crippen molar-refractivity contribution in [1.29, 1.82) is 0 Å². The summed E-state index contributed by atoms with van der Waals surface area (Å²) < 4.78 is 24.7. The minimum Gasteiger partial charge on any atom is -0.342 e. The van der Waals surface area contributed by atoms with Gasteiger partial charge >= 0.3 is 0 Å². The van der Waals surface area contributed by atoms with Gasteiger partial charge in [0.1, 0.15) is 10.6 Å². The lowest BCUT2D eigenvalue weighted by atomic mass is 10.3. The maximum absolute atomic E-state index is 12.7. The summed E-state index contributed by atoms with van der Waals surface area (Å²) >= 11 is 0. The largest absolute Gasteiger partial charge is 0.342 e. The van der Waals surface area contributed by atoms with Gasteiger partial charge in [0, 0.05) is 25.3 Å². The zero-order valence-electron chi connectivity index (χ0n) is 12.6. The molecule has 6 nitrogen and oxygen atoms in total. The zero-order valence-corrected chi connectivity index (χ0v) is 13.4. The van der Waals surface area contributed by atoms with Crippen LogP contribution >= 0.6 is 0 Å². The molecule has 1 fully saturated rings. The second-order valence-electron chi connectivity index (χ2n) is 5.53. The number of rotatable bonds is 7. The molecule has 2 rings (SSSR count). The van der Waals surface area contributed by atoms with Crippen molar-refractivity contribution in [2.45, 2.75) is 57.0 Å². The molecule has 0 unspecified atom stereocenters. The molecule has 0 radical (unpaired) electrons. The molecule has 1 amide bonds. The first-order chi connectivity index (χ1) is 9.88. The Balaban J connectivity index is 2.36. The van der Waals surface area contributed by atoms with Gasteiger partial charge in [0.2, 0.25) is 10.0 Å². The fraction of sp³-hybridized carbons (Fsp3) is 0.643. The molecule has 0 aromatic carbocycles. The van der Waals surface area contributed by atoms with Gasteiger partial charge in [-0.15, -0.1) is 0 Å². The third-order valence-electron chi connectivity index (χ3n) is 3.60. The average molecular weight is 313 g/mol. The van der Waals surface area contributed by atoms with Crippen LogP contribution in [0, 0.1) is 0 Å². The van der Waals surface area contributed by atoms with Gasteiger partial charge in [-0.05, 0) is 31.7 Å². The summed E-state index contributed by atoms with van der Waals surface area (Å²) in [5.41, 5.74) is 0.418. The minimum atomic E-state index is -3.79. The summed E-state index contributed by atoms with van der Waals surface area (Å²) in [5.74, 6) is -0.0947. The molecule has 1 saturated carbocycles. The Hall–Kier alpha value is -1.34. The smallest absolute Gasteiger partial charge is 0.270 e. The van der Waals surface area contributed by atoms with Crippen molar-refractivity contribution in [3.63, 3.8) is 0 Å². The topological polar surface area (TPSA) is 85.4 Å². The maximum Gasteiger partial charge on any atom is 0.270 e. The summed E-state index contributed by atoms with van der Waals surface area (Å²) in [4.78, 5) is 14.6. The van der Waals surface area contributed by atoms with Crippen molar-refractivity contribution in [1.82, 2.24) is 9.47 Å². The third kappa shape index (κ3) is 3.65. The van der Waals surface area contributed by atoms with E-state index in [4.69, 9.17) is 5.14 Å². The van der Waals surface area contributed by atoms with Gasteiger partial charge in [0.25, 0.3) is 5.91 Å². The highest BCUT2D eigenvalue weighted by molar-refractivity contribution is 7.89. The predicted molar refractivity (Wildman–Crippen MR) is 80.4 cm³/mol. The second-order valence-corrected chi connectivity index (χ2v) is 7.09. The molecule has 1 aliphatic rings. The van der Waals surface area contributed by atoms with Crippen molar-refractivity contribution >= 4 is 15.9 Å². The first-order valence-electron chi connectivity index (χ1n) is 7.42. The lowest BCUT2D eigenvalue weighted by Crippen LogP contribution is -2.35. The van der Waals surface area contributed by atoms with Crippen LogP contribution in [0.3, 0.4) is 0 Å². The van der Waals surface area contributed by atoms with Crippen molar-refractivity contribution in [2.24, 2.45) is 5.14 Å². The van der Waals surface area contributed by atoms with Gasteiger partial charge in [-0.2, -0.15) is 0 Å². The van der Waals surface area contributed by atoms with Gasteiger partial charge in [-0.25, -0.2) is 13.6 Å². The summed E-state index contributed by atoms with van der Waals surface area (Å²) in [6, 6.07) is 1.71. The molecule has 1 heterocycles. The third-order valence-corrected chi connectivity index (χ3v) is 4.48. The summed E-state index contributed by atoms with van der Waals surface area (Å²) in [7, 11) is -3.79. The van der Waals surface area contributed by atoms with E-state index in [2.05, 4.69) is 0 Å². The van der Waals surface area contributed by atoms with E-state index < -0.39 is 10.0 Å². The number of primary sulfonamides is 1. The number of sulfonamides is 1. The predicted octanol–water partition coefficient (Wildman–Crippen LogP) is 1.56. The van der Waals surface area contributed by atoms with Crippen molar-refractivity contribution in [2.75, 3.05) is 6.54 Å². The number of nitrogens with zero attached hydrogens (tertiary/aromatic N) is 2. The fourth-order valence-electron chi connectivity index (χ4n) is 2.47. The molecule has 0 bridgehead atoms. The standard InChI is InChI=1S/C14H23N3O3S/c1-3-7-16-10-12(21(15,19)20)9-13(16)14(18)17(8-4-2)11-5-6-11/h9-11H,3-8H2,1-2H3,(H2,15,19,20). The fourth-order valence-corrected chi connectivity index (χ4v) is 3.02. The van der Waals surface area contributed by atoms with E-state index in [0.717, 1.165) is 25.7 Å². The van der Waals surface area contributed by atoms with Crippen LogP contribution in [0.25, 0.3) is 0 Å². The monoisotopic (exact) mass is 313 g/mol. The SMILES string of the molecule is CCCN(C(=O)c1cc(S(N)(=O)=O)cn1CCC)C1CC1. The normalized spacial score (nSPS) is 15.2. The molecular formula is C14H23N3O3S. The average Bonchev–Trinajstić information content (AvgIpc) is 3.14. The second kappa shape index (κ2) is 6.19. The van der Waals surface area contributed by atoms with Gasteiger partial charge in [0.05, 0.1) is 0 Å². The van der Waals surface area contributed by atoms with E-state index in [1.54, 1.807) is 4.57 Å². The number of carbonyl (C=O) groups excluding carboxylic acids is 1. The van der Waals surface area contributed by atoms with E-state index >= 15 is 0 Å². The van der Waals surface area contributed by atoms with Gasteiger partial charge < -0.3 is 9.47 Å². The Morgan fingerprint density at radius 1 is 1.38 bits per heavy atom. The van der Waals surface area contributed by atoms with Crippen LogP contribution in [0.2, 0.25) is 0 Å². The van der Waals surface area contributed by atoms with E-state index in [1.165, 1.54) is 12.3 Å². The van der Waals surface area contributed by atoms with Crippen LogP contribution in [0.4, 0.5) is 0 Å². The Bertz CT molecular complexity index is 617. The van der Waals surface area contributed by atoms with Crippen LogP contribution in [-0.4, -0.2) is 36.4 Å². The Morgan fingerprint density at radius 3 is 2.52 bits per heavy atom.